The van der Waals surface area contributed by atoms with Crippen LogP contribution >= 0.6 is 12.2 Å². The highest BCUT2D eigenvalue weighted by molar-refractivity contribution is 7.71. The average Bonchev–Trinajstić information content (AvgIpc) is 2.79. The molecule has 4 heteroatoms. The normalized spacial score (nSPS) is 23.2. The molecule has 1 unspecified atom stereocenters. The minimum atomic E-state index is 0.0555. The number of hydrogen-bond acceptors (Lipinski definition) is 2. The van der Waals surface area contributed by atoms with Gasteiger partial charge >= 0.3 is 0 Å². The Kier molecular flexibility index (Phi) is 4.28. The van der Waals surface area contributed by atoms with E-state index in [1.165, 1.54) is 5.69 Å². The van der Waals surface area contributed by atoms with Crippen LogP contribution in [0.2, 0.25) is 0 Å². The topological polar surface area (TPSA) is 29.9 Å². The maximum absolute atomic E-state index is 6.05. The maximum Gasteiger partial charge on any atom is 0.177 e. The van der Waals surface area contributed by atoms with Crippen molar-refractivity contribution in [3.05, 3.63) is 16.7 Å². The highest BCUT2D eigenvalue weighted by Crippen LogP contribution is 2.37. The molecule has 0 spiro atoms. The summed E-state index contributed by atoms with van der Waals surface area (Å²) >= 11 is 5.43. The number of aromatic amines is 1. The van der Waals surface area contributed by atoms with Gasteiger partial charge < -0.3 is 14.3 Å². The van der Waals surface area contributed by atoms with E-state index in [9.17, 15) is 0 Å². The fourth-order valence-electron chi connectivity index (χ4n) is 3.05. The van der Waals surface area contributed by atoms with Crippen LogP contribution in [0.4, 0.5) is 0 Å². The van der Waals surface area contributed by atoms with Crippen LogP contribution in [-0.4, -0.2) is 21.8 Å². The number of rotatable bonds is 4. The smallest absolute Gasteiger partial charge is 0.177 e. The summed E-state index contributed by atoms with van der Waals surface area (Å²) in [5.41, 5.74) is 1.37. The summed E-state index contributed by atoms with van der Waals surface area (Å²) in [7, 11) is 0. The van der Waals surface area contributed by atoms with Gasteiger partial charge in [-0.1, -0.05) is 20.8 Å². The molecule has 0 amide bonds. The van der Waals surface area contributed by atoms with E-state index < -0.39 is 0 Å². The number of H-pyrrole nitrogens is 1. The first-order valence-corrected chi connectivity index (χ1v) is 7.49. The molecule has 1 N–H and O–H groups in total. The second kappa shape index (κ2) is 5.57. The van der Waals surface area contributed by atoms with E-state index in [0.29, 0.717) is 6.04 Å². The third kappa shape index (κ3) is 2.41. The molecule has 0 radical (unpaired) electrons. The Bertz CT molecular complexity index is 445. The summed E-state index contributed by atoms with van der Waals surface area (Å²) < 4.78 is 9.23. The molecule has 0 bridgehead atoms. The molecule has 1 saturated heterocycles. The summed E-state index contributed by atoms with van der Waals surface area (Å²) in [6.07, 6.45) is 7.39. The standard InChI is InChI=1S/C14H24N2OS/c1-4-11-10-15-13(18)16(11)12-7-8-17-14(5-2,6-3)9-12/h10,12H,4-9H2,1-3H3,(H,15,18). The van der Waals surface area contributed by atoms with E-state index in [-0.39, 0.29) is 5.60 Å². The monoisotopic (exact) mass is 268 g/mol. The zero-order valence-electron chi connectivity index (χ0n) is 11.7. The van der Waals surface area contributed by atoms with Gasteiger partial charge in [-0.2, -0.15) is 0 Å². The van der Waals surface area contributed by atoms with Crippen molar-refractivity contribution in [1.29, 1.82) is 0 Å². The van der Waals surface area contributed by atoms with Gasteiger partial charge in [0.1, 0.15) is 0 Å². The first kappa shape index (κ1) is 13.8. The molecule has 1 aromatic heterocycles. The lowest BCUT2D eigenvalue weighted by Crippen LogP contribution is -2.39. The molecule has 0 aromatic carbocycles. The fourth-order valence-corrected chi connectivity index (χ4v) is 3.38. The SMILES string of the molecule is CCc1c[nH]c(=S)n1C1CCOC(CC)(CC)C1. The second-order valence-corrected chi connectivity index (χ2v) is 5.58. The Morgan fingerprint density at radius 2 is 2.17 bits per heavy atom. The minimum Gasteiger partial charge on any atom is -0.375 e. The zero-order valence-corrected chi connectivity index (χ0v) is 12.5. The van der Waals surface area contributed by atoms with E-state index >= 15 is 0 Å². The molecule has 2 rings (SSSR count). The molecule has 0 saturated carbocycles. The predicted molar refractivity (Wildman–Crippen MR) is 76.5 cm³/mol. The Hall–Kier alpha value is -0.610. The van der Waals surface area contributed by atoms with Gasteiger partial charge in [-0.05, 0) is 44.3 Å². The van der Waals surface area contributed by atoms with Crippen molar-refractivity contribution < 1.29 is 4.74 Å². The van der Waals surface area contributed by atoms with Gasteiger partial charge in [-0.15, -0.1) is 0 Å². The van der Waals surface area contributed by atoms with Crippen LogP contribution in [0.1, 0.15) is 58.2 Å². The summed E-state index contributed by atoms with van der Waals surface area (Å²) in [4.78, 5) is 3.19. The minimum absolute atomic E-state index is 0.0555. The van der Waals surface area contributed by atoms with Gasteiger partial charge in [-0.25, -0.2) is 0 Å². The number of aromatic nitrogens is 2. The number of nitrogens with zero attached hydrogens (tertiary/aromatic N) is 1. The molecule has 2 heterocycles. The molecule has 1 fully saturated rings. The third-order valence-electron chi connectivity index (χ3n) is 4.37. The fraction of sp³-hybridized carbons (Fsp3) is 0.786. The predicted octanol–water partition coefficient (Wildman–Crippen LogP) is 4.02. The molecule has 3 nitrogen and oxygen atoms in total. The number of ether oxygens (including phenoxy) is 1. The highest BCUT2D eigenvalue weighted by Gasteiger charge is 2.35. The highest BCUT2D eigenvalue weighted by atomic mass is 32.1. The largest absolute Gasteiger partial charge is 0.375 e. The van der Waals surface area contributed by atoms with E-state index in [1.54, 1.807) is 0 Å². The van der Waals surface area contributed by atoms with Crippen LogP contribution in [0.15, 0.2) is 6.20 Å². The summed E-state index contributed by atoms with van der Waals surface area (Å²) in [5, 5.41) is 0. The van der Waals surface area contributed by atoms with E-state index in [2.05, 4.69) is 36.5 Å². The van der Waals surface area contributed by atoms with Crippen LogP contribution in [0.25, 0.3) is 0 Å². The van der Waals surface area contributed by atoms with E-state index in [1.807, 2.05) is 0 Å². The van der Waals surface area contributed by atoms with Crippen molar-refractivity contribution in [2.24, 2.45) is 0 Å². The van der Waals surface area contributed by atoms with Crippen LogP contribution in [-0.2, 0) is 11.2 Å². The molecule has 1 atom stereocenters. The van der Waals surface area contributed by atoms with Crippen LogP contribution in [0.3, 0.4) is 0 Å². The summed E-state index contributed by atoms with van der Waals surface area (Å²) in [5.74, 6) is 0. The van der Waals surface area contributed by atoms with Crippen molar-refractivity contribution >= 4 is 12.2 Å². The quantitative estimate of drug-likeness (QED) is 0.836. The number of hydrogen-bond donors (Lipinski definition) is 1. The zero-order chi connectivity index (χ0) is 13.2. The Morgan fingerprint density at radius 3 is 2.78 bits per heavy atom. The molecular weight excluding hydrogens is 244 g/mol. The van der Waals surface area contributed by atoms with Crippen molar-refractivity contribution in [3.8, 4) is 0 Å². The molecule has 1 aromatic rings. The molecule has 1 aliphatic heterocycles. The van der Waals surface area contributed by atoms with Crippen LogP contribution < -0.4 is 0 Å². The lowest BCUT2D eigenvalue weighted by molar-refractivity contribution is -0.0991. The van der Waals surface area contributed by atoms with Crippen LogP contribution in [0.5, 0.6) is 0 Å². The van der Waals surface area contributed by atoms with E-state index in [0.717, 1.165) is 43.5 Å². The molecule has 1 aliphatic rings. The molecule has 102 valence electrons. The van der Waals surface area contributed by atoms with Crippen molar-refractivity contribution in [2.45, 2.75) is 64.5 Å². The summed E-state index contributed by atoms with van der Waals surface area (Å²) in [6, 6.07) is 0.493. The average molecular weight is 268 g/mol. The first-order valence-electron chi connectivity index (χ1n) is 7.08. The number of nitrogens with one attached hydrogen (secondary N) is 1. The Labute approximate surface area is 115 Å². The van der Waals surface area contributed by atoms with Gasteiger partial charge in [0.05, 0.1) is 5.60 Å². The van der Waals surface area contributed by atoms with Gasteiger partial charge in [0, 0.05) is 24.5 Å². The third-order valence-corrected chi connectivity index (χ3v) is 4.69. The molecule has 18 heavy (non-hydrogen) atoms. The van der Waals surface area contributed by atoms with Gasteiger partial charge in [0.15, 0.2) is 4.77 Å². The lowest BCUT2D eigenvalue weighted by Gasteiger charge is -2.40. The molecular formula is C14H24N2OS. The second-order valence-electron chi connectivity index (χ2n) is 5.19. The Morgan fingerprint density at radius 1 is 1.44 bits per heavy atom. The maximum atomic E-state index is 6.05. The van der Waals surface area contributed by atoms with Crippen molar-refractivity contribution in [3.63, 3.8) is 0 Å². The number of imidazole rings is 1. The summed E-state index contributed by atoms with van der Waals surface area (Å²) in [6.45, 7) is 7.48. The van der Waals surface area contributed by atoms with Crippen molar-refractivity contribution in [1.82, 2.24) is 9.55 Å². The van der Waals surface area contributed by atoms with Gasteiger partial charge in [0.25, 0.3) is 0 Å². The lowest BCUT2D eigenvalue weighted by atomic mass is 9.85. The van der Waals surface area contributed by atoms with Gasteiger partial charge in [-0.3, -0.25) is 0 Å². The van der Waals surface area contributed by atoms with Crippen molar-refractivity contribution in [2.75, 3.05) is 6.61 Å². The number of aryl methyl sites for hydroxylation is 1. The Balaban J connectivity index is 2.28. The van der Waals surface area contributed by atoms with Crippen LogP contribution in [0, 0.1) is 4.77 Å². The van der Waals surface area contributed by atoms with Gasteiger partial charge in [0.2, 0.25) is 0 Å². The first-order chi connectivity index (χ1) is 8.65. The molecule has 0 aliphatic carbocycles. The van der Waals surface area contributed by atoms with E-state index in [4.69, 9.17) is 17.0 Å².